The molecule has 0 aliphatic heterocycles. The van der Waals surface area contributed by atoms with Gasteiger partial charge in [0, 0.05) is 30.9 Å². The predicted octanol–water partition coefficient (Wildman–Crippen LogP) is 3.34. The third-order valence-electron chi connectivity index (χ3n) is 3.70. The minimum atomic E-state index is 0.155. The Balaban J connectivity index is 2.25. The maximum atomic E-state index is 12.9. The Labute approximate surface area is 127 Å². The number of anilines is 1. The fourth-order valence-corrected chi connectivity index (χ4v) is 2.57. The molecule has 0 saturated heterocycles. The standard InChI is InChI=1S/C17H27N3O/c1-5-6-14-9-13(10-16(18-4)19-14)17(21)20(11-12(2)3)15-7-8-15/h9-10,12,15H,5-8,11H2,1-4H3,(H,18,19). The summed E-state index contributed by atoms with van der Waals surface area (Å²) in [6.07, 6.45) is 4.23. The lowest BCUT2D eigenvalue weighted by Crippen LogP contribution is -2.36. The zero-order valence-corrected chi connectivity index (χ0v) is 13.6. The molecule has 0 spiro atoms. The molecule has 1 heterocycles. The average Bonchev–Trinajstić information content (AvgIpc) is 3.28. The van der Waals surface area contributed by atoms with Crippen LogP contribution in [-0.2, 0) is 6.42 Å². The molecule has 1 aliphatic carbocycles. The van der Waals surface area contributed by atoms with Gasteiger partial charge >= 0.3 is 0 Å². The first-order valence-electron chi connectivity index (χ1n) is 8.04. The molecule has 1 amide bonds. The molecule has 0 atom stereocenters. The summed E-state index contributed by atoms with van der Waals surface area (Å²) in [4.78, 5) is 19.4. The van der Waals surface area contributed by atoms with Crippen molar-refractivity contribution in [1.29, 1.82) is 0 Å². The highest BCUT2D eigenvalue weighted by Crippen LogP contribution is 2.29. The van der Waals surface area contributed by atoms with Crippen LogP contribution >= 0.6 is 0 Å². The Bertz CT molecular complexity index is 495. The SMILES string of the molecule is CCCc1cc(C(=O)N(CC(C)C)C2CC2)cc(NC)n1. The molecule has 1 N–H and O–H groups in total. The van der Waals surface area contributed by atoms with Gasteiger partial charge in [-0.05, 0) is 37.3 Å². The van der Waals surface area contributed by atoms with Gasteiger partial charge in [-0.2, -0.15) is 0 Å². The van der Waals surface area contributed by atoms with Gasteiger partial charge in [0.15, 0.2) is 0 Å². The van der Waals surface area contributed by atoms with Crippen LogP contribution in [0.2, 0.25) is 0 Å². The Morgan fingerprint density at radius 1 is 1.43 bits per heavy atom. The predicted molar refractivity (Wildman–Crippen MR) is 86.7 cm³/mol. The fraction of sp³-hybridized carbons (Fsp3) is 0.647. The average molecular weight is 289 g/mol. The molecule has 1 aromatic heterocycles. The molecule has 1 saturated carbocycles. The summed E-state index contributed by atoms with van der Waals surface area (Å²) in [5.74, 6) is 1.43. The first-order valence-corrected chi connectivity index (χ1v) is 8.04. The normalized spacial score (nSPS) is 14.3. The van der Waals surface area contributed by atoms with Crippen molar-refractivity contribution in [3.63, 3.8) is 0 Å². The highest BCUT2D eigenvalue weighted by atomic mass is 16.2. The van der Waals surface area contributed by atoms with Gasteiger partial charge in [0.05, 0.1) is 0 Å². The third kappa shape index (κ3) is 4.19. The summed E-state index contributed by atoms with van der Waals surface area (Å²) in [6.45, 7) is 7.29. The van der Waals surface area contributed by atoms with Crippen LogP contribution < -0.4 is 5.32 Å². The Morgan fingerprint density at radius 2 is 2.14 bits per heavy atom. The number of aryl methyl sites for hydroxylation is 1. The van der Waals surface area contributed by atoms with Crippen LogP contribution in [0.25, 0.3) is 0 Å². The lowest BCUT2D eigenvalue weighted by atomic mass is 10.1. The zero-order valence-electron chi connectivity index (χ0n) is 13.6. The van der Waals surface area contributed by atoms with Crippen LogP contribution in [0, 0.1) is 5.92 Å². The molecule has 0 unspecified atom stereocenters. The van der Waals surface area contributed by atoms with Crippen LogP contribution in [-0.4, -0.2) is 35.4 Å². The number of carbonyl (C=O) groups is 1. The van der Waals surface area contributed by atoms with Crippen LogP contribution in [0.5, 0.6) is 0 Å². The number of hydrogen-bond donors (Lipinski definition) is 1. The number of nitrogens with one attached hydrogen (secondary N) is 1. The Kier molecular flexibility index (Phi) is 5.21. The van der Waals surface area contributed by atoms with E-state index in [1.54, 1.807) is 0 Å². The topological polar surface area (TPSA) is 45.2 Å². The van der Waals surface area contributed by atoms with Crippen molar-refractivity contribution < 1.29 is 4.79 Å². The third-order valence-corrected chi connectivity index (χ3v) is 3.70. The van der Waals surface area contributed by atoms with E-state index in [9.17, 15) is 4.79 Å². The van der Waals surface area contributed by atoms with E-state index in [-0.39, 0.29) is 5.91 Å². The smallest absolute Gasteiger partial charge is 0.254 e. The van der Waals surface area contributed by atoms with Crippen molar-refractivity contribution in [3.8, 4) is 0 Å². The number of nitrogens with zero attached hydrogens (tertiary/aromatic N) is 2. The van der Waals surface area contributed by atoms with E-state index in [2.05, 4.69) is 36.0 Å². The lowest BCUT2D eigenvalue weighted by Gasteiger charge is -2.25. The largest absolute Gasteiger partial charge is 0.373 e. The highest BCUT2D eigenvalue weighted by Gasteiger charge is 2.33. The van der Waals surface area contributed by atoms with Crippen LogP contribution in [0.1, 0.15) is 56.1 Å². The van der Waals surface area contributed by atoms with Crippen molar-refractivity contribution >= 4 is 11.7 Å². The first kappa shape index (κ1) is 15.8. The van der Waals surface area contributed by atoms with Gasteiger partial charge in [-0.1, -0.05) is 27.2 Å². The van der Waals surface area contributed by atoms with E-state index in [1.807, 2.05) is 19.2 Å². The maximum Gasteiger partial charge on any atom is 0.254 e. The summed E-state index contributed by atoms with van der Waals surface area (Å²) in [5, 5.41) is 3.06. The molecule has 4 nitrogen and oxygen atoms in total. The number of rotatable bonds is 7. The molecule has 21 heavy (non-hydrogen) atoms. The van der Waals surface area contributed by atoms with Gasteiger partial charge in [-0.3, -0.25) is 4.79 Å². The van der Waals surface area contributed by atoms with Gasteiger partial charge in [-0.15, -0.1) is 0 Å². The lowest BCUT2D eigenvalue weighted by molar-refractivity contribution is 0.0722. The number of hydrogen-bond acceptors (Lipinski definition) is 3. The summed E-state index contributed by atoms with van der Waals surface area (Å²) in [7, 11) is 1.85. The van der Waals surface area contributed by atoms with E-state index >= 15 is 0 Å². The molecular weight excluding hydrogens is 262 g/mol. The minimum absolute atomic E-state index is 0.155. The van der Waals surface area contributed by atoms with E-state index < -0.39 is 0 Å². The second-order valence-electron chi connectivity index (χ2n) is 6.31. The van der Waals surface area contributed by atoms with Gasteiger partial charge in [-0.25, -0.2) is 4.98 Å². The first-order chi connectivity index (χ1) is 10.0. The number of pyridine rings is 1. The molecule has 1 aliphatic rings. The van der Waals surface area contributed by atoms with Crippen molar-refractivity contribution in [1.82, 2.24) is 9.88 Å². The van der Waals surface area contributed by atoms with Gasteiger partial charge in [0.25, 0.3) is 5.91 Å². The molecule has 1 fully saturated rings. The molecule has 0 aromatic carbocycles. The fourth-order valence-electron chi connectivity index (χ4n) is 2.57. The molecule has 4 heteroatoms. The van der Waals surface area contributed by atoms with Crippen LogP contribution in [0.4, 0.5) is 5.82 Å². The molecule has 116 valence electrons. The monoisotopic (exact) mass is 289 g/mol. The van der Waals surface area contributed by atoms with E-state index in [1.165, 1.54) is 0 Å². The van der Waals surface area contributed by atoms with Gasteiger partial charge in [0.1, 0.15) is 5.82 Å². The van der Waals surface area contributed by atoms with Gasteiger partial charge < -0.3 is 10.2 Å². The molecule has 2 rings (SSSR count). The zero-order chi connectivity index (χ0) is 15.4. The van der Waals surface area contributed by atoms with E-state index in [0.29, 0.717) is 12.0 Å². The number of carbonyl (C=O) groups excluding carboxylic acids is 1. The molecule has 1 aromatic rings. The van der Waals surface area contributed by atoms with Crippen LogP contribution in [0.3, 0.4) is 0 Å². The number of amides is 1. The Morgan fingerprint density at radius 3 is 2.67 bits per heavy atom. The maximum absolute atomic E-state index is 12.9. The van der Waals surface area contributed by atoms with Crippen molar-refractivity contribution in [3.05, 3.63) is 23.4 Å². The second kappa shape index (κ2) is 6.92. The molecule has 0 radical (unpaired) electrons. The summed E-state index contributed by atoms with van der Waals surface area (Å²) < 4.78 is 0. The van der Waals surface area contributed by atoms with Gasteiger partial charge in [0.2, 0.25) is 0 Å². The summed E-state index contributed by atoms with van der Waals surface area (Å²) in [5.41, 5.74) is 1.76. The highest BCUT2D eigenvalue weighted by molar-refractivity contribution is 5.95. The molecular formula is C17H27N3O. The molecule has 0 bridgehead atoms. The second-order valence-corrected chi connectivity index (χ2v) is 6.31. The van der Waals surface area contributed by atoms with E-state index in [0.717, 1.165) is 49.3 Å². The van der Waals surface area contributed by atoms with Crippen molar-refractivity contribution in [2.24, 2.45) is 5.92 Å². The summed E-state index contributed by atoms with van der Waals surface area (Å²) in [6, 6.07) is 4.28. The van der Waals surface area contributed by atoms with E-state index in [4.69, 9.17) is 0 Å². The number of aromatic nitrogens is 1. The van der Waals surface area contributed by atoms with Crippen molar-refractivity contribution in [2.45, 2.75) is 52.5 Å². The quantitative estimate of drug-likeness (QED) is 0.837. The summed E-state index contributed by atoms with van der Waals surface area (Å²) >= 11 is 0. The minimum Gasteiger partial charge on any atom is -0.373 e. The Hall–Kier alpha value is -1.58. The van der Waals surface area contributed by atoms with Crippen molar-refractivity contribution in [2.75, 3.05) is 18.9 Å². The van der Waals surface area contributed by atoms with Crippen LogP contribution in [0.15, 0.2) is 12.1 Å².